The monoisotopic (exact) mass is 676 g/mol. The SMILES string of the molecule is CCOC(=O)C1=C(C)N=c2s/c(=C/c3ccc(-c4ccc(Cl)c(Cl)c4)o3)c(=O)n2C1c1cc(OC)c(OC)cc1Br. The van der Waals surface area contributed by atoms with Crippen LogP contribution in [0.25, 0.3) is 17.4 Å². The lowest BCUT2D eigenvalue weighted by Gasteiger charge is -2.26. The van der Waals surface area contributed by atoms with Gasteiger partial charge >= 0.3 is 5.97 Å². The molecule has 1 aliphatic heterocycles. The Labute approximate surface area is 257 Å². The van der Waals surface area contributed by atoms with Crippen LogP contribution in [0.2, 0.25) is 10.0 Å². The van der Waals surface area contributed by atoms with Gasteiger partial charge in [-0.25, -0.2) is 9.79 Å². The zero-order valence-corrected chi connectivity index (χ0v) is 26.2. The second-order valence-corrected chi connectivity index (χ2v) is 11.5. The number of carbonyl (C=O) groups is 1. The van der Waals surface area contributed by atoms with Gasteiger partial charge in [0.05, 0.1) is 52.7 Å². The van der Waals surface area contributed by atoms with Crippen molar-refractivity contribution in [2.24, 2.45) is 4.99 Å². The molecule has 0 saturated heterocycles. The average Bonchev–Trinajstić information content (AvgIpc) is 3.53. The molecule has 1 atom stereocenters. The molecule has 3 heterocycles. The highest BCUT2D eigenvalue weighted by Gasteiger charge is 2.35. The van der Waals surface area contributed by atoms with Crippen LogP contribution in [-0.2, 0) is 9.53 Å². The normalized spacial score (nSPS) is 15.0. The van der Waals surface area contributed by atoms with Gasteiger partial charge in [-0.05, 0) is 61.9 Å². The summed E-state index contributed by atoms with van der Waals surface area (Å²) < 4.78 is 24.8. The first kappa shape index (κ1) is 29.2. The molecule has 0 amide bonds. The molecule has 12 heteroatoms. The molecule has 0 saturated carbocycles. The first-order chi connectivity index (χ1) is 19.7. The van der Waals surface area contributed by atoms with Gasteiger partial charge in [-0.15, -0.1) is 0 Å². The zero-order chi connectivity index (χ0) is 29.4. The second kappa shape index (κ2) is 11.9. The summed E-state index contributed by atoms with van der Waals surface area (Å²) in [6.45, 7) is 3.61. The highest BCUT2D eigenvalue weighted by atomic mass is 79.9. The Kier molecular flexibility index (Phi) is 8.47. The molecule has 4 aromatic rings. The minimum atomic E-state index is -0.843. The molecule has 2 aromatic heterocycles. The lowest BCUT2D eigenvalue weighted by Crippen LogP contribution is -2.40. The van der Waals surface area contributed by atoms with Crippen LogP contribution in [0.1, 0.15) is 31.2 Å². The highest BCUT2D eigenvalue weighted by Crippen LogP contribution is 2.41. The van der Waals surface area contributed by atoms with Crippen molar-refractivity contribution in [3.8, 4) is 22.8 Å². The van der Waals surface area contributed by atoms with Gasteiger partial charge in [0.1, 0.15) is 11.5 Å². The van der Waals surface area contributed by atoms with E-state index in [1.807, 2.05) is 0 Å². The van der Waals surface area contributed by atoms with Crippen molar-refractivity contribution < 1.29 is 23.4 Å². The molecule has 0 spiro atoms. The molecule has 0 N–H and O–H groups in total. The Morgan fingerprint density at radius 3 is 2.54 bits per heavy atom. The fourth-order valence-electron chi connectivity index (χ4n) is 4.53. The summed E-state index contributed by atoms with van der Waals surface area (Å²) in [6, 6.07) is 11.4. The molecule has 0 fully saturated rings. The third-order valence-corrected chi connectivity index (χ3v) is 8.83. The molecule has 41 heavy (non-hydrogen) atoms. The van der Waals surface area contributed by atoms with E-state index in [1.165, 1.54) is 30.1 Å². The molecule has 8 nitrogen and oxygen atoms in total. The first-order valence-electron chi connectivity index (χ1n) is 12.3. The van der Waals surface area contributed by atoms with Crippen molar-refractivity contribution in [3.05, 3.63) is 99.3 Å². The summed E-state index contributed by atoms with van der Waals surface area (Å²) in [5, 5.41) is 0.848. The number of esters is 1. The third-order valence-electron chi connectivity index (χ3n) is 6.42. The van der Waals surface area contributed by atoms with Crippen molar-refractivity contribution in [1.29, 1.82) is 0 Å². The lowest BCUT2D eigenvalue weighted by molar-refractivity contribution is -0.139. The average molecular weight is 678 g/mol. The van der Waals surface area contributed by atoms with E-state index < -0.39 is 12.0 Å². The Morgan fingerprint density at radius 1 is 1.12 bits per heavy atom. The van der Waals surface area contributed by atoms with E-state index in [4.69, 9.17) is 41.8 Å². The van der Waals surface area contributed by atoms with E-state index in [2.05, 4.69) is 20.9 Å². The number of benzene rings is 2. The van der Waals surface area contributed by atoms with E-state index in [0.29, 0.717) is 58.1 Å². The van der Waals surface area contributed by atoms with E-state index in [1.54, 1.807) is 62.4 Å². The van der Waals surface area contributed by atoms with Gasteiger partial charge < -0.3 is 18.6 Å². The van der Waals surface area contributed by atoms with Gasteiger partial charge in [-0.3, -0.25) is 9.36 Å². The van der Waals surface area contributed by atoms with Crippen molar-refractivity contribution in [2.45, 2.75) is 19.9 Å². The topological polar surface area (TPSA) is 92.3 Å². The maximum Gasteiger partial charge on any atom is 0.338 e. The van der Waals surface area contributed by atoms with Gasteiger partial charge in [-0.2, -0.15) is 0 Å². The van der Waals surface area contributed by atoms with Crippen LogP contribution in [0.15, 0.2) is 72.4 Å². The predicted octanol–water partition coefficient (Wildman–Crippen LogP) is 6.14. The molecule has 212 valence electrons. The Morgan fingerprint density at radius 2 is 1.85 bits per heavy atom. The van der Waals surface area contributed by atoms with Crippen LogP contribution in [-0.4, -0.2) is 31.4 Å². The Balaban J connectivity index is 1.68. The Bertz CT molecular complexity index is 1890. The molecular formula is C29H23BrCl2N2O6S. The number of rotatable bonds is 7. The van der Waals surface area contributed by atoms with E-state index in [9.17, 15) is 9.59 Å². The van der Waals surface area contributed by atoms with Gasteiger partial charge in [0.15, 0.2) is 16.3 Å². The van der Waals surface area contributed by atoms with Gasteiger partial charge in [0.25, 0.3) is 5.56 Å². The highest BCUT2D eigenvalue weighted by molar-refractivity contribution is 9.10. The van der Waals surface area contributed by atoms with Crippen LogP contribution < -0.4 is 24.4 Å². The summed E-state index contributed by atoms with van der Waals surface area (Å²) >= 11 is 17.0. The number of furan rings is 1. The number of hydrogen-bond donors (Lipinski definition) is 0. The van der Waals surface area contributed by atoms with Crippen LogP contribution in [0.4, 0.5) is 0 Å². The number of carbonyl (C=O) groups excluding carboxylic acids is 1. The molecule has 5 rings (SSSR count). The molecule has 0 bridgehead atoms. The fourth-order valence-corrected chi connectivity index (χ4v) is 6.39. The minimum Gasteiger partial charge on any atom is -0.493 e. The van der Waals surface area contributed by atoms with Crippen LogP contribution >= 0.6 is 50.5 Å². The molecule has 0 radical (unpaired) electrons. The van der Waals surface area contributed by atoms with E-state index >= 15 is 0 Å². The van der Waals surface area contributed by atoms with Crippen molar-refractivity contribution in [1.82, 2.24) is 4.57 Å². The number of allylic oxidation sites excluding steroid dienone is 1. The number of methoxy groups -OCH3 is 2. The summed E-state index contributed by atoms with van der Waals surface area (Å²) in [4.78, 5) is 32.2. The largest absolute Gasteiger partial charge is 0.493 e. The maximum absolute atomic E-state index is 13.9. The standard InChI is InChI=1S/C29H23BrCl2N2O6S/c1-5-39-28(36)25-14(2)33-29-34(26(25)17-12-22(37-3)23(38-4)13-18(17)30)27(35)24(41-29)11-16-7-9-21(40-16)15-6-8-19(31)20(32)10-15/h6-13,26H,5H2,1-4H3/b24-11+. The number of aromatic nitrogens is 1. The van der Waals surface area contributed by atoms with E-state index in [-0.39, 0.29) is 17.7 Å². The first-order valence-corrected chi connectivity index (χ1v) is 14.7. The summed E-state index contributed by atoms with van der Waals surface area (Å²) in [7, 11) is 3.05. The fraction of sp³-hybridized carbons (Fsp3) is 0.207. The maximum atomic E-state index is 13.9. The number of halogens is 3. The zero-order valence-electron chi connectivity index (χ0n) is 22.3. The third kappa shape index (κ3) is 5.49. The number of thiazole rings is 1. The minimum absolute atomic E-state index is 0.166. The van der Waals surface area contributed by atoms with Gasteiger partial charge in [-0.1, -0.05) is 50.5 Å². The lowest BCUT2D eigenvalue weighted by atomic mass is 9.95. The molecule has 0 aliphatic carbocycles. The summed E-state index contributed by atoms with van der Waals surface area (Å²) in [6.07, 6.45) is 1.65. The second-order valence-electron chi connectivity index (χ2n) is 8.86. The molecular weight excluding hydrogens is 655 g/mol. The molecule has 1 aliphatic rings. The predicted molar refractivity (Wildman–Crippen MR) is 162 cm³/mol. The Hall–Kier alpha value is -3.31. The van der Waals surface area contributed by atoms with Crippen LogP contribution in [0, 0.1) is 0 Å². The van der Waals surface area contributed by atoms with Gasteiger partial charge in [0.2, 0.25) is 0 Å². The van der Waals surface area contributed by atoms with E-state index in [0.717, 1.165) is 5.56 Å². The quantitative estimate of drug-likeness (QED) is 0.218. The van der Waals surface area contributed by atoms with Crippen molar-refractivity contribution >= 4 is 62.5 Å². The van der Waals surface area contributed by atoms with Crippen molar-refractivity contribution in [2.75, 3.05) is 20.8 Å². The summed E-state index contributed by atoms with van der Waals surface area (Å²) in [5.74, 6) is 1.39. The summed E-state index contributed by atoms with van der Waals surface area (Å²) in [5.41, 5.74) is 1.70. The number of fused-ring (bicyclic) bond motifs is 1. The van der Waals surface area contributed by atoms with Crippen LogP contribution in [0.5, 0.6) is 11.5 Å². The number of ether oxygens (including phenoxy) is 3. The smallest absolute Gasteiger partial charge is 0.338 e. The van der Waals surface area contributed by atoms with Crippen molar-refractivity contribution in [3.63, 3.8) is 0 Å². The molecule has 2 aromatic carbocycles. The van der Waals surface area contributed by atoms with Crippen LogP contribution in [0.3, 0.4) is 0 Å². The van der Waals surface area contributed by atoms with Gasteiger partial charge in [0, 0.05) is 16.1 Å². The number of hydrogen-bond acceptors (Lipinski definition) is 8. The number of nitrogens with zero attached hydrogens (tertiary/aromatic N) is 2. The molecule has 1 unspecified atom stereocenters.